The maximum absolute atomic E-state index is 9.37. The van der Waals surface area contributed by atoms with Crippen LogP contribution in [-0.2, 0) is 0 Å². The molecule has 1 aliphatic rings. The number of piperidine rings is 1. The molecule has 2 rings (SSSR count). The number of likely N-dealkylation sites (tertiary alicyclic amines) is 1. The first-order valence-corrected chi connectivity index (χ1v) is 6.99. The summed E-state index contributed by atoms with van der Waals surface area (Å²) in [4.78, 5) is 2.36. The summed E-state index contributed by atoms with van der Waals surface area (Å²) < 4.78 is 5.33. The van der Waals surface area contributed by atoms with Crippen molar-refractivity contribution in [1.82, 2.24) is 4.90 Å². The lowest BCUT2D eigenvalue weighted by Crippen LogP contribution is -2.41. The molecule has 3 nitrogen and oxygen atoms in total. The molecular formula is C16H23NO2. The van der Waals surface area contributed by atoms with E-state index in [4.69, 9.17) is 4.74 Å². The molecule has 0 saturated carbocycles. The van der Waals surface area contributed by atoms with Crippen molar-refractivity contribution < 1.29 is 9.84 Å². The molecule has 0 radical (unpaired) electrons. The second-order valence-electron chi connectivity index (χ2n) is 4.97. The van der Waals surface area contributed by atoms with Gasteiger partial charge in [0.25, 0.3) is 0 Å². The third-order valence-electron chi connectivity index (χ3n) is 3.74. The average Bonchev–Trinajstić information content (AvgIpc) is 2.48. The van der Waals surface area contributed by atoms with Crippen LogP contribution in [0, 0.1) is 0 Å². The Morgan fingerprint density at radius 1 is 1.37 bits per heavy atom. The van der Waals surface area contributed by atoms with Crippen LogP contribution in [0.1, 0.15) is 24.8 Å². The van der Waals surface area contributed by atoms with Crippen LogP contribution in [0.25, 0.3) is 6.08 Å². The van der Waals surface area contributed by atoms with Crippen molar-refractivity contribution in [2.45, 2.75) is 25.3 Å². The highest BCUT2D eigenvalue weighted by molar-refractivity contribution is 5.57. The van der Waals surface area contributed by atoms with Gasteiger partial charge in [0.1, 0.15) is 5.75 Å². The zero-order chi connectivity index (χ0) is 13.5. The van der Waals surface area contributed by atoms with Crippen LogP contribution in [0.4, 0.5) is 0 Å². The summed E-state index contributed by atoms with van der Waals surface area (Å²) in [6.45, 7) is 2.24. The highest BCUT2D eigenvalue weighted by Gasteiger charge is 2.19. The zero-order valence-corrected chi connectivity index (χ0v) is 11.6. The Bertz CT molecular complexity index is 417. The van der Waals surface area contributed by atoms with E-state index in [0.717, 1.165) is 30.8 Å². The lowest BCUT2D eigenvalue weighted by Gasteiger charge is -2.33. The van der Waals surface area contributed by atoms with Gasteiger partial charge in [0.15, 0.2) is 0 Å². The number of aliphatic hydroxyl groups is 1. The second kappa shape index (κ2) is 7.31. The Morgan fingerprint density at radius 2 is 2.21 bits per heavy atom. The van der Waals surface area contributed by atoms with Crippen molar-refractivity contribution in [3.05, 3.63) is 35.9 Å². The normalized spacial score (nSPS) is 20.8. The Morgan fingerprint density at radius 3 is 3.00 bits per heavy atom. The second-order valence-corrected chi connectivity index (χ2v) is 4.97. The van der Waals surface area contributed by atoms with E-state index in [-0.39, 0.29) is 6.61 Å². The molecule has 1 atom stereocenters. The number of aliphatic hydroxyl groups excluding tert-OH is 1. The fourth-order valence-corrected chi connectivity index (χ4v) is 2.63. The highest BCUT2D eigenvalue weighted by atomic mass is 16.5. The lowest BCUT2D eigenvalue weighted by molar-refractivity contribution is 0.101. The molecule has 19 heavy (non-hydrogen) atoms. The minimum absolute atomic E-state index is 0.266. The first kappa shape index (κ1) is 14.1. The van der Waals surface area contributed by atoms with Crippen molar-refractivity contribution in [1.29, 1.82) is 0 Å². The summed E-state index contributed by atoms with van der Waals surface area (Å²) in [5.41, 5.74) is 1.10. The van der Waals surface area contributed by atoms with Gasteiger partial charge in [0.05, 0.1) is 13.7 Å². The molecule has 0 amide bonds. The van der Waals surface area contributed by atoms with Crippen LogP contribution in [0.3, 0.4) is 0 Å². The summed E-state index contributed by atoms with van der Waals surface area (Å²) in [5, 5.41) is 9.37. The van der Waals surface area contributed by atoms with E-state index >= 15 is 0 Å². The van der Waals surface area contributed by atoms with Crippen molar-refractivity contribution in [2.24, 2.45) is 0 Å². The number of methoxy groups -OCH3 is 1. The van der Waals surface area contributed by atoms with Crippen LogP contribution in [-0.4, -0.2) is 42.9 Å². The number of hydrogen-bond donors (Lipinski definition) is 1. The molecule has 1 aromatic rings. The summed E-state index contributed by atoms with van der Waals surface area (Å²) in [6.07, 6.45) is 7.84. The van der Waals surface area contributed by atoms with Gasteiger partial charge in [-0.3, -0.25) is 4.90 Å². The van der Waals surface area contributed by atoms with Crippen LogP contribution in [0.15, 0.2) is 30.3 Å². The molecule has 1 saturated heterocycles. The SMILES string of the molecule is COc1ccccc1/C=C/CN1CCCC[C@H]1CO. The Hall–Kier alpha value is -1.32. The van der Waals surface area contributed by atoms with Crippen LogP contribution < -0.4 is 4.74 Å². The molecule has 1 aliphatic heterocycles. The number of para-hydroxylation sites is 1. The maximum Gasteiger partial charge on any atom is 0.126 e. The predicted molar refractivity (Wildman–Crippen MR) is 78.3 cm³/mol. The number of ether oxygens (including phenoxy) is 1. The lowest BCUT2D eigenvalue weighted by atomic mass is 10.0. The molecule has 0 unspecified atom stereocenters. The van der Waals surface area contributed by atoms with Crippen molar-refractivity contribution in [3.8, 4) is 5.75 Å². The fraction of sp³-hybridized carbons (Fsp3) is 0.500. The van der Waals surface area contributed by atoms with Crippen LogP contribution in [0.2, 0.25) is 0 Å². The van der Waals surface area contributed by atoms with Crippen LogP contribution in [0.5, 0.6) is 5.75 Å². The van der Waals surface area contributed by atoms with Gasteiger partial charge in [-0.05, 0) is 25.5 Å². The average molecular weight is 261 g/mol. The van der Waals surface area contributed by atoms with Crippen molar-refractivity contribution >= 4 is 6.08 Å². The molecule has 1 aromatic carbocycles. The monoisotopic (exact) mass is 261 g/mol. The summed E-state index contributed by atoms with van der Waals surface area (Å²) in [7, 11) is 1.69. The van der Waals surface area contributed by atoms with Gasteiger partial charge in [-0.2, -0.15) is 0 Å². The van der Waals surface area contributed by atoms with E-state index in [0.29, 0.717) is 6.04 Å². The Kier molecular flexibility index (Phi) is 5.43. The summed E-state index contributed by atoms with van der Waals surface area (Å²) in [5.74, 6) is 0.899. The molecular weight excluding hydrogens is 238 g/mol. The standard InChI is InChI=1S/C16H23NO2/c1-19-16-10-3-2-7-14(16)8-6-12-17-11-5-4-9-15(17)13-18/h2-3,6-8,10,15,18H,4-5,9,11-13H2,1H3/b8-6+/t15-/m0/s1. The molecule has 0 spiro atoms. The zero-order valence-electron chi connectivity index (χ0n) is 11.6. The minimum atomic E-state index is 0.266. The van der Waals surface area contributed by atoms with Gasteiger partial charge in [0.2, 0.25) is 0 Å². The Labute approximate surface area is 115 Å². The van der Waals surface area contributed by atoms with Gasteiger partial charge in [-0.15, -0.1) is 0 Å². The van der Waals surface area contributed by atoms with Crippen molar-refractivity contribution in [3.63, 3.8) is 0 Å². The molecule has 3 heteroatoms. The smallest absolute Gasteiger partial charge is 0.126 e. The molecule has 1 heterocycles. The molecule has 1 fully saturated rings. The first-order chi connectivity index (χ1) is 9.35. The topological polar surface area (TPSA) is 32.7 Å². The first-order valence-electron chi connectivity index (χ1n) is 6.99. The largest absolute Gasteiger partial charge is 0.496 e. The van der Waals surface area contributed by atoms with E-state index < -0.39 is 0 Å². The number of rotatable bonds is 5. The predicted octanol–water partition coefficient (Wildman–Crippen LogP) is 2.56. The van der Waals surface area contributed by atoms with E-state index in [2.05, 4.69) is 23.1 Å². The third-order valence-corrected chi connectivity index (χ3v) is 3.74. The van der Waals surface area contributed by atoms with Gasteiger partial charge in [0, 0.05) is 18.2 Å². The number of nitrogens with zero attached hydrogens (tertiary/aromatic N) is 1. The number of benzene rings is 1. The highest BCUT2D eigenvalue weighted by Crippen LogP contribution is 2.20. The summed E-state index contributed by atoms with van der Waals surface area (Å²) in [6, 6.07) is 8.34. The third kappa shape index (κ3) is 3.82. The van der Waals surface area contributed by atoms with Gasteiger partial charge in [-0.1, -0.05) is 36.8 Å². The number of hydrogen-bond acceptors (Lipinski definition) is 3. The quantitative estimate of drug-likeness (QED) is 0.884. The van der Waals surface area contributed by atoms with Gasteiger partial charge in [-0.25, -0.2) is 0 Å². The molecule has 104 valence electrons. The van der Waals surface area contributed by atoms with E-state index in [1.54, 1.807) is 7.11 Å². The van der Waals surface area contributed by atoms with E-state index in [1.165, 1.54) is 12.8 Å². The molecule has 0 aliphatic carbocycles. The van der Waals surface area contributed by atoms with Crippen LogP contribution >= 0.6 is 0 Å². The van der Waals surface area contributed by atoms with E-state index in [1.807, 2.05) is 18.2 Å². The van der Waals surface area contributed by atoms with Gasteiger partial charge >= 0.3 is 0 Å². The van der Waals surface area contributed by atoms with E-state index in [9.17, 15) is 5.11 Å². The fourth-order valence-electron chi connectivity index (χ4n) is 2.63. The van der Waals surface area contributed by atoms with Crippen molar-refractivity contribution in [2.75, 3.05) is 26.8 Å². The Balaban J connectivity index is 1.95. The summed E-state index contributed by atoms with van der Waals surface area (Å²) >= 11 is 0. The molecule has 0 bridgehead atoms. The van der Waals surface area contributed by atoms with Gasteiger partial charge < -0.3 is 9.84 Å². The molecule has 1 N–H and O–H groups in total. The maximum atomic E-state index is 9.37. The molecule has 0 aromatic heterocycles. The minimum Gasteiger partial charge on any atom is -0.496 e.